The Morgan fingerprint density at radius 1 is 1.14 bits per heavy atom. The van der Waals surface area contributed by atoms with Crippen LogP contribution in [0.3, 0.4) is 0 Å². The highest BCUT2D eigenvalue weighted by Gasteiger charge is 2.13. The first kappa shape index (κ1) is 14.0. The Labute approximate surface area is 127 Å². The fraction of sp³-hybridized carbons (Fsp3) is 0.250. The maximum atomic E-state index is 9.34. The number of hydrogen-bond donors (Lipinski definition) is 1. The zero-order valence-electron chi connectivity index (χ0n) is 11.9. The van der Waals surface area contributed by atoms with Gasteiger partial charge in [-0.25, -0.2) is 9.97 Å². The predicted octanol–water partition coefficient (Wildman–Crippen LogP) is 3.00. The van der Waals surface area contributed by atoms with Crippen molar-refractivity contribution in [2.45, 2.75) is 13.5 Å². The van der Waals surface area contributed by atoms with Crippen LogP contribution in [0.1, 0.15) is 11.3 Å². The van der Waals surface area contributed by atoms with E-state index in [9.17, 15) is 5.11 Å². The molecule has 0 aliphatic rings. The molecule has 0 atom stereocenters. The third-order valence-electron chi connectivity index (χ3n) is 3.34. The average molecular weight is 299 g/mol. The number of aryl methyl sites for hydroxylation is 1. The SMILES string of the molecule is Cc1nc2ccccc2nc1N(CCO)Cc1ccsc1. The number of para-hydroxylation sites is 2. The Morgan fingerprint density at radius 3 is 2.57 bits per heavy atom. The number of fused-ring (bicyclic) bond motifs is 1. The molecular weight excluding hydrogens is 282 g/mol. The number of benzene rings is 1. The van der Waals surface area contributed by atoms with Crippen molar-refractivity contribution in [3.05, 3.63) is 52.3 Å². The van der Waals surface area contributed by atoms with Crippen LogP contribution >= 0.6 is 11.3 Å². The molecule has 0 spiro atoms. The van der Waals surface area contributed by atoms with Crippen LogP contribution in [-0.4, -0.2) is 28.2 Å². The maximum absolute atomic E-state index is 9.34. The number of aliphatic hydroxyl groups excluding tert-OH is 1. The first-order valence-electron chi connectivity index (χ1n) is 6.88. The van der Waals surface area contributed by atoms with Gasteiger partial charge in [-0.2, -0.15) is 11.3 Å². The van der Waals surface area contributed by atoms with E-state index in [1.165, 1.54) is 5.56 Å². The molecule has 0 radical (unpaired) electrons. The molecule has 1 aromatic carbocycles. The van der Waals surface area contributed by atoms with Crippen molar-refractivity contribution in [1.29, 1.82) is 0 Å². The van der Waals surface area contributed by atoms with Gasteiger partial charge in [0.15, 0.2) is 5.82 Å². The van der Waals surface area contributed by atoms with Gasteiger partial charge in [0.05, 0.1) is 23.3 Å². The largest absolute Gasteiger partial charge is 0.395 e. The smallest absolute Gasteiger partial charge is 0.151 e. The summed E-state index contributed by atoms with van der Waals surface area (Å²) < 4.78 is 0. The normalized spacial score (nSPS) is 11.0. The minimum absolute atomic E-state index is 0.0953. The Kier molecular flexibility index (Phi) is 4.13. The lowest BCUT2D eigenvalue weighted by molar-refractivity contribution is 0.301. The molecule has 108 valence electrons. The molecule has 21 heavy (non-hydrogen) atoms. The highest BCUT2D eigenvalue weighted by molar-refractivity contribution is 7.07. The van der Waals surface area contributed by atoms with Gasteiger partial charge in [-0.1, -0.05) is 12.1 Å². The molecule has 5 heteroatoms. The van der Waals surface area contributed by atoms with Crippen LogP contribution in [0.2, 0.25) is 0 Å². The van der Waals surface area contributed by atoms with Gasteiger partial charge in [0, 0.05) is 13.1 Å². The molecule has 0 bridgehead atoms. The molecule has 2 aromatic heterocycles. The van der Waals surface area contributed by atoms with Crippen molar-refractivity contribution in [3.8, 4) is 0 Å². The van der Waals surface area contributed by atoms with Crippen molar-refractivity contribution in [2.75, 3.05) is 18.1 Å². The average Bonchev–Trinajstić information content (AvgIpc) is 2.99. The van der Waals surface area contributed by atoms with Gasteiger partial charge in [0.2, 0.25) is 0 Å². The summed E-state index contributed by atoms with van der Waals surface area (Å²) in [7, 11) is 0. The van der Waals surface area contributed by atoms with Crippen LogP contribution in [-0.2, 0) is 6.54 Å². The minimum atomic E-state index is 0.0953. The number of nitrogens with zero attached hydrogens (tertiary/aromatic N) is 3. The molecular formula is C16H17N3OS. The van der Waals surface area contributed by atoms with Crippen LogP contribution in [0.15, 0.2) is 41.1 Å². The van der Waals surface area contributed by atoms with E-state index in [1.54, 1.807) is 11.3 Å². The molecule has 0 amide bonds. The van der Waals surface area contributed by atoms with Crippen molar-refractivity contribution in [1.82, 2.24) is 9.97 Å². The van der Waals surface area contributed by atoms with Crippen LogP contribution in [0.4, 0.5) is 5.82 Å². The lowest BCUT2D eigenvalue weighted by atomic mass is 10.2. The van der Waals surface area contributed by atoms with Crippen molar-refractivity contribution in [2.24, 2.45) is 0 Å². The molecule has 2 heterocycles. The number of rotatable bonds is 5. The summed E-state index contributed by atoms with van der Waals surface area (Å²) in [5, 5.41) is 13.5. The molecule has 0 aliphatic heterocycles. The van der Waals surface area contributed by atoms with Crippen molar-refractivity contribution >= 4 is 28.2 Å². The van der Waals surface area contributed by atoms with Crippen LogP contribution < -0.4 is 4.90 Å². The van der Waals surface area contributed by atoms with Crippen LogP contribution in [0.5, 0.6) is 0 Å². The van der Waals surface area contributed by atoms with E-state index in [0.717, 1.165) is 29.1 Å². The highest BCUT2D eigenvalue weighted by Crippen LogP contribution is 2.22. The third-order valence-corrected chi connectivity index (χ3v) is 4.07. The zero-order chi connectivity index (χ0) is 14.7. The molecule has 4 nitrogen and oxygen atoms in total. The predicted molar refractivity (Wildman–Crippen MR) is 86.7 cm³/mol. The third kappa shape index (κ3) is 3.04. The second-order valence-corrected chi connectivity index (χ2v) is 5.68. The summed E-state index contributed by atoms with van der Waals surface area (Å²) in [4.78, 5) is 11.4. The number of aromatic nitrogens is 2. The fourth-order valence-electron chi connectivity index (χ4n) is 2.36. The van der Waals surface area contributed by atoms with Crippen LogP contribution in [0.25, 0.3) is 11.0 Å². The Morgan fingerprint density at radius 2 is 1.90 bits per heavy atom. The van der Waals surface area contributed by atoms with Gasteiger partial charge < -0.3 is 10.0 Å². The zero-order valence-corrected chi connectivity index (χ0v) is 12.7. The second kappa shape index (κ2) is 6.20. The summed E-state index contributed by atoms with van der Waals surface area (Å²) in [5.41, 5.74) is 3.89. The fourth-order valence-corrected chi connectivity index (χ4v) is 3.02. The van der Waals surface area contributed by atoms with E-state index < -0.39 is 0 Å². The first-order chi connectivity index (χ1) is 10.3. The molecule has 3 aromatic rings. The standard InChI is InChI=1S/C16H17N3OS/c1-12-16(18-15-5-3-2-4-14(15)17-12)19(7-8-20)10-13-6-9-21-11-13/h2-6,9,11,20H,7-8,10H2,1H3. The molecule has 1 N–H and O–H groups in total. The topological polar surface area (TPSA) is 49.2 Å². The number of thiophene rings is 1. The summed E-state index contributed by atoms with van der Waals surface area (Å²) in [5.74, 6) is 0.842. The van der Waals surface area contributed by atoms with Gasteiger partial charge >= 0.3 is 0 Å². The molecule has 0 fully saturated rings. The number of hydrogen-bond acceptors (Lipinski definition) is 5. The number of anilines is 1. The van der Waals surface area contributed by atoms with E-state index in [0.29, 0.717) is 6.54 Å². The van der Waals surface area contributed by atoms with E-state index >= 15 is 0 Å². The van der Waals surface area contributed by atoms with Crippen molar-refractivity contribution < 1.29 is 5.11 Å². The lowest BCUT2D eigenvalue weighted by Gasteiger charge is -2.24. The molecule has 3 rings (SSSR count). The summed E-state index contributed by atoms with van der Waals surface area (Å²) in [6.07, 6.45) is 0. The van der Waals surface area contributed by atoms with E-state index in [1.807, 2.05) is 31.2 Å². The molecule has 0 saturated carbocycles. The first-order valence-corrected chi connectivity index (χ1v) is 7.82. The Balaban J connectivity index is 1.99. The van der Waals surface area contributed by atoms with Crippen molar-refractivity contribution in [3.63, 3.8) is 0 Å². The molecule has 0 unspecified atom stereocenters. The monoisotopic (exact) mass is 299 g/mol. The van der Waals surface area contributed by atoms with Gasteiger partial charge in [-0.15, -0.1) is 0 Å². The summed E-state index contributed by atoms with van der Waals surface area (Å²) in [6.45, 7) is 3.34. The maximum Gasteiger partial charge on any atom is 0.151 e. The quantitative estimate of drug-likeness (QED) is 0.787. The van der Waals surface area contributed by atoms with Gasteiger partial charge in [0.1, 0.15) is 0 Å². The number of aliphatic hydroxyl groups is 1. The van der Waals surface area contributed by atoms with Gasteiger partial charge in [-0.05, 0) is 41.4 Å². The summed E-state index contributed by atoms with van der Waals surface area (Å²) in [6, 6.07) is 9.96. The van der Waals surface area contributed by atoms with Gasteiger partial charge in [0.25, 0.3) is 0 Å². The van der Waals surface area contributed by atoms with Crippen LogP contribution in [0, 0.1) is 6.92 Å². The molecule has 0 saturated heterocycles. The van der Waals surface area contributed by atoms with E-state index in [4.69, 9.17) is 4.98 Å². The molecule has 0 aliphatic carbocycles. The summed E-state index contributed by atoms with van der Waals surface area (Å²) >= 11 is 1.68. The van der Waals surface area contributed by atoms with E-state index in [-0.39, 0.29) is 6.61 Å². The second-order valence-electron chi connectivity index (χ2n) is 4.90. The lowest BCUT2D eigenvalue weighted by Crippen LogP contribution is -2.28. The van der Waals surface area contributed by atoms with E-state index in [2.05, 4.69) is 26.7 Å². The Hall–Kier alpha value is -1.98. The Bertz CT molecular complexity index is 727. The highest BCUT2D eigenvalue weighted by atomic mass is 32.1. The van der Waals surface area contributed by atoms with Gasteiger partial charge in [-0.3, -0.25) is 0 Å². The minimum Gasteiger partial charge on any atom is -0.395 e.